The Hall–Kier alpha value is -0.940. The van der Waals surface area contributed by atoms with Crippen LogP contribution in [0.3, 0.4) is 0 Å². The number of aliphatic hydroxyl groups is 2. The molecule has 0 aromatic heterocycles. The summed E-state index contributed by atoms with van der Waals surface area (Å²) in [6.07, 6.45) is -0.409. The highest BCUT2D eigenvalue weighted by Gasteiger charge is 2.31. The van der Waals surface area contributed by atoms with Crippen LogP contribution in [0.4, 0.5) is 0 Å². The molecule has 2 N–H and O–H groups in total. The van der Waals surface area contributed by atoms with Crippen LogP contribution < -0.4 is 0 Å². The Kier molecular flexibility index (Phi) is 5.38. The SMILES string of the molecule is CCN(Cc1c(C)cc(C)c(CO)c1C)[C@H]1COC[C@@H]1O. The molecule has 2 rings (SSSR count). The van der Waals surface area contributed by atoms with Crippen molar-refractivity contribution in [2.75, 3.05) is 19.8 Å². The van der Waals surface area contributed by atoms with Crippen molar-refractivity contribution < 1.29 is 14.9 Å². The highest BCUT2D eigenvalue weighted by Crippen LogP contribution is 2.25. The van der Waals surface area contributed by atoms with Gasteiger partial charge in [0.1, 0.15) is 0 Å². The Morgan fingerprint density at radius 3 is 2.38 bits per heavy atom. The Morgan fingerprint density at radius 2 is 1.86 bits per heavy atom. The monoisotopic (exact) mass is 293 g/mol. The van der Waals surface area contributed by atoms with Crippen molar-refractivity contribution in [2.24, 2.45) is 0 Å². The van der Waals surface area contributed by atoms with E-state index in [0.29, 0.717) is 13.2 Å². The van der Waals surface area contributed by atoms with Gasteiger partial charge in [0, 0.05) is 6.54 Å². The molecule has 0 spiro atoms. The van der Waals surface area contributed by atoms with Gasteiger partial charge in [-0.25, -0.2) is 0 Å². The Morgan fingerprint density at radius 1 is 1.19 bits per heavy atom. The molecule has 0 unspecified atom stereocenters. The molecule has 0 saturated carbocycles. The van der Waals surface area contributed by atoms with E-state index in [2.05, 4.69) is 31.7 Å². The van der Waals surface area contributed by atoms with E-state index in [-0.39, 0.29) is 12.6 Å². The third-order valence-corrected chi connectivity index (χ3v) is 4.71. The Bertz CT molecular complexity index is 501. The van der Waals surface area contributed by atoms with Crippen LogP contribution in [0.2, 0.25) is 0 Å². The molecule has 1 fully saturated rings. The van der Waals surface area contributed by atoms with Crippen LogP contribution in [-0.2, 0) is 17.9 Å². The smallest absolute Gasteiger partial charge is 0.0950 e. The van der Waals surface area contributed by atoms with E-state index in [1.165, 1.54) is 16.7 Å². The molecule has 0 aliphatic carbocycles. The van der Waals surface area contributed by atoms with Gasteiger partial charge in [0.05, 0.1) is 32.0 Å². The fraction of sp³-hybridized carbons (Fsp3) is 0.647. The van der Waals surface area contributed by atoms with Gasteiger partial charge >= 0.3 is 0 Å². The van der Waals surface area contributed by atoms with Gasteiger partial charge in [-0.15, -0.1) is 0 Å². The van der Waals surface area contributed by atoms with E-state index in [4.69, 9.17) is 4.74 Å². The molecule has 21 heavy (non-hydrogen) atoms. The lowest BCUT2D eigenvalue weighted by atomic mass is 9.93. The second kappa shape index (κ2) is 6.88. The largest absolute Gasteiger partial charge is 0.392 e. The fourth-order valence-corrected chi connectivity index (χ4v) is 3.31. The first-order chi connectivity index (χ1) is 9.99. The summed E-state index contributed by atoms with van der Waals surface area (Å²) in [6.45, 7) is 11.1. The van der Waals surface area contributed by atoms with E-state index in [1.54, 1.807) is 0 Å². The summed E-state index contributed by atoms with van der Waals surface area (Å²) in [5.41, 5.74) is 5.83. The maximum Gasteiger partial charge on any atom is 0.0950 e. The number of nitrogens with zero attached hydrogens (tertiary/aromatic N) is 1. The van der Waals surface area contributed by atoms with Gasteiger partial charge in [0.15, 0.2) is 0 Å². The zero-order chi connectivity index (χ0) is 15.6. The molecular weight excluding hydrogens is 266 g/mol. The standard InChI is InChI=1S/C17H27NO3/c1-5-18(16-9-21-10-17(16)20)7-14-11(2)6-12(3)15(8-19)13(14)4/h6,16-17,19-20H,5,7-10H2,1-4H3/t16-,17-/m0/s1. The van der Waals surface area contributed by atoms with Crippen molar-refractivity contribution in [2.45, 2.75) is 53.0 Å². The van der Waals surface area contributed by atoms with Gasteiger partial charge in [-0.1, -0.05) is 13.0 Å². The van der Waals surface area contributed by atoms with Crippen molar-refractivity contribution in [3.05, 3.63) is 33.9 Å². The minimum atomic E-state index is -0.409. The van der Waals surface area contributed by atoms with Crippen LogP contribution in [0.15, 0.2) is 6.07 Å². The molecule has 2 atom stereocenters. The van der Waals surface area contributed by atoms with Gasteiger partial charge in [-0.05, 0) is 55.1 Å². The van der Waals surface area contributed by atoms with E-state index in [0.717, 1.165) is 24.2 Å². The third-order valence-electron chi connectivity index (χ3n) is 4.71. The highest BCUT2D eigenvalue weighted by molar-refractivity contribution is 5.44. The van der Waals surface area contributed by atoms with E-state index < -0.39 is 6.10 Å². The van der Waals surface area contributed by atoms with Crippen molar-refractivity contribution in [1.82, 2.24) is 4.90 Å². The van der Waals surface area contributed by atoms with Gasteiger partial charge in [0.25, 0.3) is 0 Å². The molecule has 0 bridgehead atoms. The van der Waals surface area contributed by atoms with Crippen LogP contribution >= 0.6 is 0 Å². The molecule has 0 radical (unpaired) electrons. The number of benzene rings is 1. The number of aryl methyl sites for hydroxylation is 2. The lowest BCUT2D eigenvalue weighted by Crippen LogP contribution is -2.42. The Labute approximate surface area is 127 Å². The normalized spacial score (nSPS) is 22.2. The van der Waals surface area contributed by atoms with Crippen LogP contribution in [0.25, 0.3) is 0 Å². The summed E-state index contributed by atoms with van der Waals surface area (Å²) >= 11 is 0. The average molecular weight is 293 g/mol. The van der Waals surface area contributed by atoms with Crippen molar-refractivity contribution in [3.8, 4) is 0 Å². The predicted molar refractivity (Wildman–Crippen MR) is 83.3 cm³/mol. The number of ether oxygens (including phenoxy) is 1. The fourth-order valence-electron chi connectivity index (χ4n) is 3.31. The molecule has 4 heteroatoms. The van der Waals surface area contributed by atoms with E-state index >= 15 is 0 Å². The number of likely N-dealkylation sites (N-methyl/N-ethyl adjacent to an activating group) is 1. The molecule has 1 aromatic carbocycles. The summed E-state index contributed by atoms with van der Waals surface area (Å²) in [7, 11) is 0. The molecule has 0 amide bonds. The molecule has 1 aliphatic rings. The van der Waals surface area contributed by atoms with Crippen LogP contribution in [-0.4, -0.2) is 47.0 Å². The zero-order valence-electron chi connectivity index (χ0n) is 13.5. The summed E-state index contributed by atoms with van der Waals surface area (Å²) in [5.74, 6) is 0. The second-order valence-corrected chi connectivity index (χ2v) is 5.99. The zero-order valence-corrected chi connectivity index (χ0v) is 13.5. The lowest BCUT2D eigenvalue weighted by Gasteiger charge is -2.30. The van der Waals surface area contributed by atoms with Gasteiger partial charge in [-0.3, -0.25) is 4.90 Å². The maximum atomic E-state index is 10.0. The minimum absolute atomic E-state index is 0.0627. The maximum absolute atomic E-state index is 10.0. The number of hydrogen-bond donors (Lipinski definition) is 2. The average Bonchev–Trinajstić information content (AvgIpc) is 2.85. The molecule has 1 saturated heterocycles. The second-order valence-electron chi connectivity index (χ2n) is 5.99. The first-order valence-corrected chi connectivity index (χ1v) is 7.68. The van der Waals surface area contributed by atoms with E-state index in [1.807, 2.05) is 6.92 Å². The van der Waals surface area contributed by atoms with Crippen molar-refractivity contribution in [3.63, 3.8) is 0 Å². The number of aliphatic hydroxyl groups excluding tert-OH is 2. The summed E-state index contributed by atoms with van der Waals surface area (Å²) in [6, 6.07) is 2.20. The topological polar surface area (TPSA) is 52.9 Å². The van der Waals surface area contributed by atoms with Gasteiger partial charge in [-0.2, -0.15) is 0 Å². The first kappa shape index (κ1) is 16.4. The molecule has 1 aromatic rings. The molecule has 4 nitrogen and oxygen atoms in total. The molecular formula is C17H27NO3. The quantitative estimate of drug-likeness (QED) is 0.867. The molecule has 1 aliphatic heterocycles. The first-order valence-electron chi connectivity index (χ1n) is 7.68. The molecule has 1 heterocycles. The number of hydrogen-bond acceptors (Lipinski definition) is 4. The number of rotatable bonds is 5. The summed E-state index contributed by atoms with van der Waals surface area (Å²) < 4.78 is 5.38. The highest BCUT2D eigenvalue weighted by atomic mass is 16.5. The Balaban J connectivity index is 2.29. The minimum Gasteiger partial charge on any atom is -0.392 e. The van der Waals surface area contributed by atoms with Crippen LogP contribution in [0.1, 0.15) is 34.7 Å². The third kappa shape index (κ3) is 3.29. The predicted octanol–water partition coefficient (Wildman–Crippen LogP) is 1.69. The summed E-state index contributed by atoms with van der Waals surface area (Å²) in [5, 5.41) is 19.6. The van der Waals surface area contributed by atoms with Gasteiger partial charge in [0.2, 0.25) is 0 Å². The van der Waals surface area contributed by atoms with Crippen LogP contribution in [0, 0.1) is 20.8 Å². The van der Waals surface area contributed by atoms with Crippen molar-refractivity contribution in [1.29, 1.82) is 0 Å². The summed E-state index contributed by atoms with van der Waals surface area (Å²) in [4.78, 5) is 2.27. The molecule has 118 valence electrons. The van der Waals surface area contributed by atoms with E-state index in [9.17, 15) is 10.2 Å². The van der Waals surface area contributed by atoms with Crippen LogP contribution in [0.5, 0.6) is 0 Å². The van der Waals surface area contributed by atoms with Crippen molar-refractivity contribution >= 4 is 0 Å². The lowest BCUT2D eigenvalue weighted by molar-refractivity contribution is 0.0805. The van der Waals surface area contributed by atoms with Gasteiger partial charge < -0.3 is 14.9 Å².